The molecule has 0 spiro atoms. The highest BCUT2D eigenvalue weighted by Gasteiger charge is 2.10. The summed E-state index contributed by atoms with van der Waals surface area (Å²) in [7, 11) is 0. The van der Waals surface area contributed by atoms with Crippen LogP contribution in [0.4, 0.5) is 0 Å². The smallest absolute Gasteiger partial charge is 0.189 e. The summed E-state index contributed by atoms with van der Waals surface area (Å²) in [6.07, 6.45) is 3.28. The first-order chi connectivity index (χ1) is 12.2. The minimum absolute atomic E-state index is 0.117. The van der Waals surface area contributed by atoms with Crippen molar-refractivity contribution in [2.24, 2.45) is 0 Å². The van der Waals surface area contributed by atoms with Crippen LogP contribution < -0.4 is 14.2 Å². The third-order valence-corrected chi connectivity index (χ3v) is 3.46. The topological polar surface area (TPSA) is 44.8 Å². The molecule has 0 aliphatic rings. The molecule has 0 radical (unpaired) electrons. The Labute approximate surface area is 149 Å². The molecule has 25 heavy (non-hydrogen) atoms. The zero-order valence-electron chi connectivity index (χ0n) is 15.0. The highest BCUT2D eigenvalue weighted by Crippen LogP contribution is 2.26. The molecule has 0 heterocycles. The number of rotatable bonds is 9. The predicted octanol–water partition coefficient (Wildman–Crippen LogP) is 4.78. The summed E-state index contributed by atoms with van der Waals surface area (Å²) < 4.78 is 16.7. The number of hydrogen-bond donors (Lipinski definition) is 0. The normalized spacial score (nSPS) is 10.7. The zero-order chi connectivity index (χ0) is 18.1. The van der Waals surface area contributed by atoms with E-state index in [9.17, 15) is 4.79 Å². The molecular formula is C21H24O4. The predicted molar refractivity (Wildman–Crippen MR) is 99.8 cm³/mol. The molecule has 0 aliphatic carbocycles. The molecule has 0 fully saturated rings. The number of ketones is 1. The van der Waals surface area contributed by atoms with Crippen LogP contribution in [-0.4, -0.2) is 25.6 Å². The van der Waals surface area contributed by atoms with E-state index in [1.807, 2.05) is 51.1 Å². The van der Waals surface area contributed by atoms with E-state index in [-0.39, 0.29) is 5.78 Å². The van der Waals surface area contributed by atoms with Gasteiger partial charge in [0.2, 0.25) is 0 Å². The lowest BCUT2D eigenvalue weighted by atomic mass is 10.1. The molecule has 2 aromatic carbocycles. The van der Waals surface area contributed by atoms with Crippen LogP contribution in [-0.2, 0) is 0 Å². The van der Waals surface area contributed by atoms with Crippen LogP contribution in [0, 0.1) is 0 Å². The van der Waals surface area contributed by atoms with Gasteiger partial charge in [-0.1, -0.05) is 12.1 Å². The summed E-state index contributed by atoms with van der Waals surface area (Å²) in [5, 5.41) is 0. The van der Waals surface area contributed by atoms with Crippen molar-refractivity contribution in [3.8, 4) is 17.2 Å². The van der Waals surface area contributed by atoms with Crippen molar-refractivity contribution >= 4 is 11.9 Å². The minimum Gasteiger partial charge on any atom is -0.494 e. The van der Waals surface area contributed by atoms with E-state index in [1.165, 1.54) is 6.08 Å². The summed E-state index contributed by atoms with van der Waals surface area (Å²) in [6.45, 7) is 7.39. The van der Waals surface area contributed by atoms with Crippen LogP contribution in [0.15, 0.2) is 48.5 Å². The quantitative estimate of drug-likeness (QED) is 0.487. The third-order valence-electron chi connectivity index (χ3n) is 3.46. The van der Waals surface area contributed by atoms with Gasteiger partial charge in [0.15, 0.2) is 5.78 Å². The maximum Gasteiger partial charge on any atom is 0.189 e. The van der Waals surface area contributed by atoms with Gasteiger partial charge in [-0.15, -0.1) is 0 Å². The lowest BCUT2D eigenvalue weighted by molar-refractivity contribution is 0.104. The lowest BCUT2D eigenvalue weighted by Gasteiger charge is -2.10. The highest BCUT2D eigenvalue weighted by atomic mass is 16.5. The van der Waals surface area contributed by atoms with Crippen molar-refractivity contribution in [3.63, 3.8) is 0 Å². The third kappa shape index (κ3) is 5.11. The van der Waals surface area contributed by atoms with Crippen molar-refractivity contribution in [3.05, 3.63) is 59.7 Å². The van der Waals surface area contributed by atoms with E-state index in [0.717, 1.165) is 11.3 Å². The Morgan fingerprint density at radius 2 is 1.56 bits per heavy atom. The van der Waals surface area contributed by atoms with Crippen LogP contribution in [0.1, 0.15) is 36.7 Å². The number of benzene rings is 2. The van der Waals surface area contributed by atoms with Gasteiger partial charge in [-0.25, -0.2) is 0 Å². The van der Waals surface area contributed by atoms with Crippen LogP contribution in [0.2, 0.25) is 0 Å². The average Bonchev–Trinajstić information content (AvgIpc) is 2.62. The summed E-state index contributed by atoms with van der Waals surface area (Å²) in [6, 6.07) is 12.8. The molecule has 0 N–H and O–H groups in total. The number of hydrogen-bond acceptors (Lipinski definition) is 4. The lowest BCUT2D eigenvalue weighted by Crippen LogP contribution is -2.01. The summed E-state index contributed by atoms with van der Waals surface area (Å²) >= 11 is 0. The fourth-order valence-corrected chi connectivity index (χ4v) is 2.41. The highest BCUT2D eigenvalue weighted by molar-refractivity contribution is 6.08. The van der Waals surface area contributed by atoms with Crippen molar-refractivity contribution in [2.45, 2.75) is 20.8 Å². The van der Waals surface area contributed by atoms with Gasteiger partial charge in [-0.2, -0.15) is 0 Å². The molecule has 4 nitrogen and oxygen atoms in total. The first kappa shape index (κ1) is 18.6. The second-order valence-corrected chi connectivity index (χ2v) is 5.19. The Morgan fingerprint density at radius 3 is 2.28 bits per heavy atom. The Balaban J connectivity index is 2.28. The molecule has 0 atom stereocenters. The van der Waals surface area contributed by atoms with E-state index in [2.05, 4.69) is 0 Å². The molecule has 0 amide bonds. The maximum atomic E-state index is 12.6. The molecule has 0 aromatic heterocycles. The van der Waals surface area contributed by atoms with Crippen molar-refractivity contribution in [1.82, 2.24) is 0 Å². The van der Waals surface area contributed by atoms with Gasteiger partial charge in [0.25, 0.3) is 0 Å². The second-order valence-electron chi connectivity index (χ2n) is 5.19. The molecule has 0 saturated carbocycles. The van der Waals surface area contributed by atoms with Gasteiger partial charge >= 0.3 is 0 Å². The Hall–Kier alpha value is -2.75. The molecular weight excluding hydrogens is 316 g/mol. The SMILES string of the molecule is CCOc1ccc(OCC)c(/C=C/C(=O)c2ccccc2OCC)c1. The van der Waals surface area contributed by atoms with Gasteiger partial charge in [0.1, 0.15) is 17.2 Å². The number of para-hydroxylation sites is 1. The minimum atomic E-state index is -0.117. The van der Waals surface area contributed by atoms with E-state index >= 15 is 0 Å². The fraction of sp³-hybridized carbons (Fsp3) is 0.286. The summed E-state index contributed by atoms with van der Waals surface area (Å²) in [4.78, 5) is 12.6. The van der Waals surface area contributed by atoms with Crippen LogP contribution >= 0.6 is 0 Å². The van der Waals surface area contributed by atoms with Gasteiger partial charge in [0.05, 0.1) is 25.4 Å². The van der Waals surface area contributed by atoms with Crippen LogP contribution in [0.25, 0.3) is 6.08 Å². The number of carbonyl (C=O) groups is 1. The average molecular weight is 340 g/mol. The van der Waals surface area contributed by atoms with Gasteiger partial charge in [-0.05, 0) is 63.3 Å². The Bertz CT molecular complexity index is 734. The van der Waals surface area contributed by atoms with Gasteiger partial charge < -0.3 is 14.2 Å². The first-order valence-electron chi connectivity index (χ1n) is 8.53. The van der Waals surface area contributed by atoms with Crippen molar-refractivity contribution in [2.75, 3.05) is 19.8 Å². The summed E-state index contributed by atoms with van der Waals surface area (Å²) in [5.74, 6) is 1.93. The monoisotopic (exact) mass is 340 g/mol. The van der Waals surface area contributed by atoms with Crippen LogP contribution in [0.3, 0.4) is 0 Å². The van der Waals surface area contributed by atoms with E-state index in [0.29, 0.717) is 36.9 Å². The Kier molecular flexibility index (Phi) is 7.08. The molecule has 132 valence electrons. The maximum absolute atomic E-state index is 12.6. The van der Waals surface area contributed by atoms with Crippen molar-refractivity contribution in [1.29, 1.82) is 0 Å². The van der Waals surface area contributed by atoms with E-state index in [4.69, 9.17) is 14.2 Å². The standard InChI is InChI=1S/C21H24O4/c1-4-23-17-12-14-20(24-5-2)16(15-17)11-13-19(22)18-9-7-8-10-21(18)25-6-3/h7-15H,4-6H2,1-3H3/b13-11+. The van der Waals surface area contributed by atoms with Gasteiger partial charge in [0, 0.05) is 5.56 Å². The number of carbonyl (C=O) groups excluding carboxylic acids is 1. The second kappa shape index (κ2) is 9.52. The largest absolute Gasteiger partial charge is 0.494 e. The van der Waals surface area contributed by atoms with Crippen LogP contribution in [0.5, 0.6) is 17.2 Å². The van der Waals surface area contributed by atoms with Gasteiger partial charge in [-0.3, -0.25) is 4.79 Å². The Morgan fingerprint density at radius 1 is 0.880 bits per heavy atom. The number of ether oxygens (including phenoxy) is 3. The van der Waals surface area contributed by atoms with E-state index < -0.39 is 0 Å². The first-order valence-corrected chi connectivity index (χ1v) is 8.53. The molecule has 2 rings (SSSR count). The summed E-state index contributed by atoms with van der Waals surface area (Å²) in [5.41, 5.74) is 1.34. The molecule has 0 aliphatic heterocycles. The molecule has 2 aromatic rings. The van der Waals surface area contributed by atoms with Crippen molar-refractivity contribution < 1.29 is 19.0 Å². The zero-order valence-corrected chi connectivity index (χ0v) is 15.0. The molecule has 0 bridgehead atoms. The molecule has 0 saturated heterocycles. The molecule has 4 heteroatoms. The number of allylic oxidation sites excluding steroid dienone is 1. The van der Waals surface area contributed by atoms with E-state index in [1.54, 1.807) is 18.2 Å². The molecule has 0 unspecified atom stereocenters. The fourth-order valence-electron chi connectivity index (χ4n) is 2.41.